The summed E-state index contributed by atoms with van der Waals surface area (Å²) < 4.78 is 40.5. The SMILES string of the molecule is C[C@@H](NC(=O)[C@H]1CC[C@H]2[C@@H]3CC[C@@H]4C[C@@](O)(C(F)(F)F)CC[C@@H]4[C@H]3CC[C@]12C)c1ccc(C#N)cc1. The molecule has 0 aliphatic heterocycles. The van der Waals surface area contributed by atoms with Gasteiger partial charge in [0.15, 0.2) is 5.60 Å². The van der Waals surface area contributed by atoms with Gasteiger partial charge < -0.3 is 10.4 Å². The van der Waals surface area contributed by atoms with Crippen LogP contribution in [-0.2, 0) is 4.79 Å². The molecular formula is C29H37F3N2O2. The highest BCUT2D eigenvalue weighted by Crippen LogP contribution is 2.65. The van der Waals surface area contributed by atoms with E-state index in [1.54, 1.807) is 12.1 Å². The van der Waals surface area contributed by atoms with Crippen molar-refractivity contribution in [1.82, 2.24) is 5.32 Å². The Kier molecular flexibility index (Phi) is 6.42. The Morgan fingerprint density at radius 1 is 1.06 bits per heavy atom. The fraction of sp³-hybridized carbons (Fsp3) is 0.724. The highest BCUT2D eigenvalue weighted by atomic mass is 19.4. The van der Waals surface area contributed by atoms with Gasteiger partial charge in [-0.05, 0) is 117 Å². The molecule has 4 fully saturated rings. The van der Waals surface area contributed by atoms with Crippen molar-refractivity contribution in [2.45, 2.75) is 89.5 Å². The van der Waals surface area contributed by atoms with Gasteiger partial charge in [0.2, 0.25) is 5.91 Å². The van der Waals surface area contributed by atoms with Crippen LogP contribution in [0.5, 0.6) is 0 Å². The van der Waals surface area contributed by atoms with Gasteiger partial charge in [0.25, 0.3) is 0 Å². The molecule has 196 valence electrons. The summed E-state index contributed by atoms with van der Waals surface area (Å²) in [7, 11) is 0. The van der Waals surface area contributed by atoms with Crippen molar-refractivity contribution in [1.29, 1.82) is 5.26 Å². The molecule has 4 saturated carbocycles. The Morgan fingerprint density at radius 3 is 2.42 bits per heavy atom. The van der Waals surface area contributed by atoms with E-state index in [9.17, 15) is 23.1 Å². The van der Waals surface area contributed by atoms with Crippen LogP contribution in [0, 0.1) is 52.3 Å². The zero-order valence-corrected chi connectivity index (χ0v) is 21.2. The van der Waals surface area contributed by atoms with Gasteiger partial charge in [-0.3, -0.25) is 4.79 Å². The van der Waals surface area contributed by atoms with Crippen molar-refractivity contribution in [3.05, 3.63) is 35.4 Å². The first-order valence-corrected chi connectivity index (χ1v) is 13.6. The third-order valence-electron chi connectivity index (χ3n) is 10.8. The van der Waals surface area contributed by atoms with Gasteiger partial charge >= 0.3 is 6.18 Å². The van der Waals surface area contributed by atoms with Crippen molar-refractivity contribution in [3.63, 3.8) is 0 Å². The number of fused-ring (bicyclic) bond motifs is 5. The van der Waals surface area contributed by atoms with Crippen LogP contribution in [0.2, 0.25) is 0 Å². The average Bonchev–Trinajstić information content (AvgIpc) is 3.20. The molecule has 4 nitrogen and oxygen atoms in total. The van der Waals surface area contributed by atoms with Crippen molar-refractivity contribution in [2.24, 2.45) is 40.9 Å². The van der Waals surface area contributed by atoms with E-state index in [0.717, 1.165) is 44.1 Å². The van der Waals surface area contributed by atoms with E-state index < -0.39 is 11.8 Å². The lowest BCUT2D eigenvalue weighted by Gasteiger charge is -2.57. The third-order valence-corrected chi connectivity index (χ3v) is 10.8. The molecule has 0 saturated heterocycles. The molecule has 1 aromatic carbocycles. The van der Waals surface area contributed by atoms with Crippen LogP contribution in [0.3, 0.4) is 0 Å². The lowest BCUT2D eigenvalue weighted by Crippen LogP contribution is -2.55. The Labute approximate surface area is 211 Å². The number of aliphatic hydroxyl groups is 1. The van der Waals surface area contributed by atoms with Crippen LogP contribution in [0.25, 0.3) is 0 Å². The zero-order chi connectivity index (χ0) is 25.9. The molecule has 0 heterocycles. The maximum atomic E-state index is 13.5. The maximum Gasteiger partial charge on any atom is 0.417 e. The van der Waals surface area contributed by atoms with E-state index >= 15 is 0 Å². The number of hydrogen-bond donors (Lipinski definition) is 2. The number of nitrogens with one attached hydrogen (secondary N) is 1. The Morgan fingerprint density at radius 2 is 1.75 bits per heavy atom. The highest BCUT2D eigenvalue weighted by molar-refractivity contribution is 5.80. The zero-order valence-electron chi connectivity index (χ0n) is 21.2. The van der Waals surface area contributed by atoms with Crippen LogP contribution in [0.1, 0.15) is 88.8 Å². The van der Waals surface area contributed by atoms with E-state index in [1.807, 2.05) is 19.1 Å². The van der Waals surface area contributed by atoms with Gasteiger partial charge in [0.1, 0.15) is 0 Å². The summed E-state index contributed by atoms with van der Waals surface area (Å²) in [6, 6.07) is 9.28. The van der Waals surface area contributed by atoms with Gasteiger partial charge in [0, 0.05) is 5.92 Å². The number of carbonyl (C=O) groups excluding carboxylic acids is 1. The maximum absolute atomic E-state index is 13.5. The van der Waals surface area contributed by atoms with Crippen LogP contribution < -0.4 is 5.32 Å². The number of amides is 1. The molecule has 36 heavy (non-hydrogen) atoms. The first-order valence-electron chi connectivity index (χ1n) is 13.6. The van der Waals surface area contributed by atoms with Gasteiger partial charge in [-0.15, -0.1) is 0 Å². The van der Waals surface area contributed by atoms with E-state index in [2.05, 4.69) is 18.3 Å². The molecule has 0 bridgehead atoms. The summed E-state index contributed by atoms with van der Waals surface area (Å²) in [5.41, 5.74) is -1.04. The summed E-state index contributed by atoms with van der Waals surface area (Å²) in [5.74, 6) is 1.57. The number of nitriles is 1. The summed E-state index contributed by atoms with van der Waals surface area (Å²) in [5, 5.41) is 22.6. The van der Waals surface area contributed by atoms with E-state index in [1.165, 1.54) is 0 Å². The van der Waals surface area contributed by atoms with E-state index in [-0.39, 0.29) is 48.0 Å². The minimum absolute atomic E-state index is 0.0512. The van der Waals surface area contributed by atoms with Crippen molar-refractivity contribution in [3.8, 4) is 6.07 Å². The smallest absolute Gasteiger partial charge is 0.380 e. The molecule has 0 radical (unpaired) electrons. The normalized spacial score (nSPS) is 40.8. The fourth-order valence-electron chi connectivity index (χ4n) is 8.81. The molecule has 4 aliphatic rings. The number of halogens is 3. The number of alkyl halides is 3. The predicted octanol–water partition coefficient (Wildman–Crippen LogP) is 6.30. The summed E-state index contributed by atoms with van der Waals surface area (Å²) in [6.07, 6.45) is 1.01. The molecule has 2 N–H and O–H groups in total. The molecule has 0 unspecified atom stereocenters. The lowest BCUT2D eigenvalue weighted by molar-refractivity contribution is -0.282. The summed E-state index contributed by atoms with van der Waals surface area (Å²) in [4.78, 5) is 13.5. The number of nitrogens with zero attached hydrogens (tertiary/aromatic N) is 1. The van der Waals surface area contributed by atoms with Crippen molar-refractivity contribution < 1.29 is 23.1 Å². The van der Waals surface area contributed by atoms with Crippen molar-refractivity contribution in [2.75, 3.05) is 0 Å². The molecule has 0 spiro atoms. The second-order valence-electron chi connectivity index (χ2n) is 12.3. The second-order valence-corrected chi connectivity index (χ2v) is 12.3. The average molecular weight is 503 g/mol. The minimum Gasteiger partial charge on any atom is -0.380 e. The van der Waals surface area contributed by atoms with Crippen LogP contribution in [-0.4, -0.2) is 22.8 Å². The number of hydrogen-bond acceptors (Lipinski definition) is 3. The molecule has 4 aliphatic carbocycles. The highest BCUT2D eigenvalue weighted by Gasteiger charge is 2.62. The summed E-state index contributed by atoms with van der Waals surface area (Å²) >= 11 is 0. The van der Waals surface area contributed by atoms with Gasteiger partial charge in [-0.25, -0.2) is 0 Å². The van der Waals surface area contributed by atoms with E-state index in [0.29, 0.717) is 29.7 Å². The topological polar surface area (TPSA) is 73.1 Å². The lowest BCUT2D eigenvalue weighted by atomic mass is 9.49. The van der Waals surface area contributed by atoms with Gasteiger partial charge in [0.05, 0.1) is 17.7 Å². The largest absolute Gasteiger partial charge is 0.417 e. The number of benzene rings is 1. The van der Waals surface area contributed by atoms with Crippen molar-refractivity contribution >= 4 is 5.91 Å². The van der Waals surface area contributed by atoms with Crippen LogP contribution in [0.4, 0.5) is 13.2 Å². The van der Waals surface area contributed by atoms with E-state index in [4.69, 9.17) is 5.26 Å². The fourth-order valence-corrected chi connectivity index (χ4v) is 8.81. The standard InChI is InChI=1S/C29H37F3N2O2/c1-17(19-5-3-18(16-33)4-6-19)34-26(35)25-10-9-24-23-8-7-20-15-28(36,29(30,31)32)14-12-21(20)22(23)11-13-27(24,25)2/h3-6,17,20-25,36H,7-15H2,1-2H3,(H,34,35)/t17-,20-,21+,22-,23-,24+,25-,27+,28-/m1/s1. The van der Waals surface area contributed by atoms with Gasteiger partial charge in [-0.1, -0.05) is 19.1 Å². The number of carbonyl (C=O) groups is 1. The first-order chi connectivity index (χ1) is 17.0. The second kappa shape index (κ2) is 9.04. The minimum atomic E-state index is -4.55. The molecule has 7 heteroatoms. The molecule has 5 rings (SSSR count). The number of rotatable bonds is 3. The Balaban J connectivity index is 1.26. The Hall–Kier alpha value is -2.07. The van der Waals surface area contributed by atoms with Crippen LogP contribution in [0.15, 0.2) is 24.3 Å². The first kappa shape index (κ1) is 25.6. The summed E-state index contributed by atoms with van der Waals surface area (Å²) in [6.45, 7) is 4.24. The predicted molar refractivity (Wildman–Crippen MR) is 129 cm³/mol. The third kappa shape index (κ3) is 4.14. The Bertz CT molecular complexity index is 1030. The molecule has 1 amide bonds. The quantitative estimate of drug-likeness (QED) is 0.510. The molecule has 1 aromatic rings. The molecular weight excluding hydrogens is 465 g/mol. The molecule has 9 atom stereocenters. The monoisotopic (exact) mass is 502 g/mol. The molecule has 0 aromatic heterocycles. The van der Waals surface area contributed by atoms with Crippen LogP contribution >= 0.6 is 0 Å². The van der Waals surface area contributed by atoms with Gasteiger partial charge in [-0.2, -0.15) is 18.4 Å².